The lowest BCUT2D eigenvalue weighted by atomic mass is 10.1. The van der Waals surface area contributed by atoms with Gasteiger partial charge in [-0.3, -0.25) is 4.90 Å². The van der Waals surface area contributed by atoms with Crippen molar-refractivity contribution in [3.63, 3.8) is 0 Å². The molecule has 2 atom stereocenters. The monoisotopic (exact) mass is 495 g/mol. The number of nitrogens with zero attached hydrogens (tertiary/aromatic N) is 3. The maximum Gasteiger partial charge on any atom is 0.227 e. The number of para-hydroxylation sites is 3. The predicted octanol–water partition coefficient (Wildman–Crippen LogP) is 5.76. The van der Waals surface area contributed by atoms with Crippen molar-refractivity contribution < 1.29 is 19.3 Å². The summed E-state index contributed by atoms with van der Waals surface area (Å²) in [5.74, 6) is 1.90. The van der Waals surface area contributed by atoms with Crippen LogP contribution in [-0.2, 0) is 11.3 Å². The van der Waals surface area contributed by atoms with Gasteiger partial charge >= 0.3 is 0 Å². The first-order chi connectivity index (χ1) is 17.1. The van der Waals surface area contributed by atoms with E-state index in [9.17, 15) is 5.11 Å². The number of benzene rings is 2. The van der Waals surface area contributed by atoms with E-state index in [1.165, 1.54) is 0 Å². The van der Waals surface area contributed by atoms with Gasteiger partial charge in [-0.15, -0.1) is 0 Å². The Kier molecular flexibility index (Phi) is 9.54. The van der Waals surface area contributed by atoms with E-state index >= 15 is 0 Å². The maximum atomic E-state index is 10.8. The van der Waals surface area contributed by atoms with Crippen molar-refractivity contribution in [1.82, 2.24) is 14.7 Å². The molecule has 0 saturated heterocycles. The fourth-order valence-corrected chi connectivity index (χ4v) is 3.91. The molecule has 7 heteroatoms. The average molecular weight is 496 g/mol. The normalized spacial score (nSPS) is 13.6. The average Bonchev–Trinajstić information content (AvgIpc) is 3.17. The van der Waals surface area contributed by atoms with Crippen LogP contribution in [0, 0.1) is 6.92 Å². The van der Waals surface area contributed by atoms with Crippen LogP contribution in [0.3, 0.4) is 0 Å². The first-order valence-corrected chi connectivity index (χ1v) is 12.6. The second-order valence-electron chi connectivity index (χ2n) is 10.1. The molecule has 0 saturated carbocycles. The van der Waals surface area contributed by atoms with Crippen molar-refractivity contribution in [3.05, 3.63) is 65.9 Å². The molecule has 36 heavy (non-hydrogen) atoms. The summed E-state index contributed by atoms with van der Waals surface area (Å²) in [4.78, 5) is 2.27. The number of ether oxygens (including phenoxy) is 3. The molecule has 0 unspecified atom stereocenters. The lowest BCUT2D eigenvalue weighted by Crippen LogP contribution is -2.41. The fraction of sp³-hybridized carbons (Fsp3) is 0.483. The number of rotatable bonds is 12. The molecular formula is C29H41N3O4. The van der Waals surface area contributed by atoms with E-state index in [1.807, 2.05) is 87.0 Å². The first-order valence-electron chi connectivity index (χ1n) is 12.6. The molecule has 196 valence electrons. The van der Waals surface area contributed by atoms with E-state index < -0.39 is 6.10 Å². The van der Waals surface area contributed by atoms with Gasteiger partial charge in [-0.2, -0.15) is 5.10 Å². The van der Waals surface area contributed by atoms with Gasteiger partial charge in [0.25, 0.3) is 0 Å². The van der Waals surface area contributed by atoms with E-state index in [1.54, 1.807) is 7.11 Å². The van der Waals surface area contributed by atoms with E-state index in [4.69, 9.17) is 19.3 Å². The summed E-state index contributed by atoms with van der Waals surface area (Å²) in [7, 11) is 1.63. The summed E-state index contributed by atoms with van der Waals surface area (Å²) < 4.78 is 19.7. The largest absolute Gasteiger partial charge is 0.493 e. The van der Waals surface area contributed by atoms with Crippen molar-refractivity contribution in [2.45, 2.75) is 72.3 Å². The van der Waals surface area contributed by atoms with Crippen LogP contribution in [0.4, 0.5) is 0 Å². The summed E-state index contributed by atoms with van der Waals surface area (Å²) in [5, 5.41) is 15.7. The third-order valence-electron chi connectivity index (χ3n) is 6.14. The van der Waals surface area contributed by atoms with Crippen LogP contribution < -0.4 is 9.47 Å². The summed E-state index contributed by atoms with van der Waals surface area (Å²) in [6.45, 7) is 13.6. The van der Waals surface area contributed by atoms with Crippen molar-refractivity contribution in [1.29, 1.82) is 0 Å². The molecule has 1 N–H and O–H groups in total. The number of hydrogen-bond acceptors (Lipinski definition) is 6. The van der Waals surface area contributed by atoms with Crippen LogP contribution in [-0.4, -0.2) is 57.8 Å². The Hall–Kier alpha value is -2.87. The fourth-order valence-electron chi connectivity index (χ4n) is 3.91. The van der Waals surface area contributed by atoms with Crippen molar-refractivity contribution >= 4 is 0 Å². The molecule has 0 radical (unpaired) electrons. The maximum absolute atomic E-state index is 10.8. The minimum absolute atomic E-state index is 0.243. The zero-order chi connectivity index (χ0) is 26.3. The van der Waals surface area contributed by atoms with E-state index in [2.05, 4.69) is 18.7 Å². The second kappa shape index (κ2) is 12.4. The molecule has 1 heterocycles. The van der Waals surface area contributed by atoms with Gasteiger partial charge in [-0.25, -0.2) is 4.68 Å². The molecule has 0 spiro atoms. The van der Waals surface area contributed by atoms with Gasteiger partial charge in [0, 0.05) is 19.1 Å². The van der Waals surface area contributed by atoms with Crippen LogP contribution in [0.2, 0.25) is 0 Å². The minimum atomic E-state index is -0.610. The molecular weight excluding hydrogens is 454 g/mol. The number of methoxy groups -OCH3 is 1. The van der Waals surface area contributed by atoms with Crippen LogP contribution in [0.5, 0.6) is 17.4 Å². The molecule has 0 amide bonds. The van der Waals surface area contributed by atoms with Crippen LogP contribution in [0.15, 0.2) is 54.6 Å². The molecule has 3 rings (SSSR count). The number of aliphatic hydroxyl groups excluding tert-OH is 1. The highest BCUT2D eigenvalue weighted by Gasteiger charge is 2.26. The molecule has 0 bridgehead atoms. The number of aromatic nitrogens is 2. The molecule has 1 aromatic heterocycles. The molecule has 7 nitrogen and oxygen atoms in total. The predicted molar refractivity (Wildman–Crippen MR) is 143 cm³/mol. The minimum Gasteiger partial charge on any atom is -0.493 e. The lowest BCUT2D eigenvalue weighted by molar-refractivity contribution is -0.0593. The van der Waals surface area contributed by atoms with E-state index in [0.29, 0.717) is 30.5 Å². The zero-order valence-corrected chi connectivity index (χ0v) is 22.7. The van der Waals surface area contributed by atoms with Crippen LogP contribution >= 0.6 is 0 Å². The van der Waals surface area contributed by atoms with Crippen molar-refractivity contribution in [3.8, 4) is 23.1 Å². The third-order valence-corrected chi connectivity index (χ3v) is 6.14. The van der Waals surface area contributed by atoms with Crippen molar-refractivity contribution in [2.75, 3.05) is 20.3 Å². The van der Waals surface area contributed by atoms with E-state index in [0.717, 1.165) is 23.4 Å². The second-order valence-corrected chi connectivity index (χ2v) is 10.1. The van der Waals surface area contributed by atoms with Gasteiger partial charge in [0.1, 0.15) is 0 Å². The van der Waals surface area contributed by atoms with Gasteiger partial charge in [-0.1, -0.05) is 37.3 Å². The molecule has 0 aliphatic carbocycles. The number of aryl methyl sites for hydroxylation is 1. The lowest BCUT2D eigenvalue weighted by Gasteiger charge is -2.31. The molecule has 3 aromatic rings. The Labute approximate surface area is 215 Å². The van der Waals surface area contributed by atoms with Gasteiger partial charge in [0.15, 0.2) is 11.5 Å². The summed E-state index contributed by atoms with van der Waals surface area (Å²) in [6, 6.07) is 17.8. The SMILES string of the molecule is CC[C@@H](C)N(Cc1c(C)nn(-c2ccccc2)c1Oc1ccccc1OC)C[C@H](O)COC(C)(C)C. The number of aliphatic hydroxyl groups is 1. The highest BCUT2D eigenvalue weighted by Crippen LogP contribution is 2.36. The number of hydrogen-bond donors (Lipinski definition) is 1. The van der Waals surface area contributed by atoms with Crippen LogP contribution in [0.1, 0.15) is 52.3 Å². The smallest absolute Gasteiger partial charge is 0.227 e. The standard InChI is InChI=1S/C29H41N3O4/c1-8-21(2)31(18-24(33)20-35-29(4,5)6)19-25-22(3)30-32(23-14-10-9-11-15-23)28(25)36-27-17-13-12-16-26(27)34-7/h9-17,21,24,33H,8,18-20H2,1-7H3/t21-,24+/m1/s1. The molecule has 0 aliphatic heterocycles. The van der Waals surface area contributed by atoms with Gasteiger partial charge < -0.3 is 19.3 Å². The van der Waals surface area contributed by atoms with E-state index in [-0.39, 0.29) is 18.2 Å². The highest BCUT2D eigenvalue weighted by atomic mass is 16.5. The van der Waals surface area contributed by atoms with Crippen LogP contribution in [0.25, 0.3) is 5.69 Å². The Morgan fingerprint density at radius 2 is 1.67 bits per heavy atom. The Morgan fingerprint density at radius 3 is 2.28 bits per heavy atom. The zero-order valence-electron chi connectivity index (χ0n) is 22.7. The Morgan fingerprint density at radius 1 is 1.03 bits per heavy atom. The highest BCUT2D eigenvalue weighted by molar-refractivity contribution is 5.47. The Balaban J connectivity index is 1.98. The summed E-state index contributed by atoms with van der Waals surface area (Å²) >= 11 is 0. The topological polar surface area (TPSA) is 69.0 Å². The first kappa shape index (κ1) is 27.7. The molecule has 0 aliphatic rings. The van der Waals surface area contributed by atoms with Gasteiger partial charge in [0.05, 0.1) is 42.4 Å². The van der Waals surface area contributed by atoms with Gasteiger partial charge in [0.2, 0.25) is 5.88 Å². The molecule has 2 aromatic carbocycles. The quantitative estimate of drug-likeness (QED) is 0.345. The Bertz CT molecular complexity index is 1090. The third kappa shape index (κ3) is 7.32. The van der Waals surface area contributed by atoms with Gasteiger partial charge in [-0.05, 0) is 65.3 Å². The van der Waals surface area contributed by atoms with Crippen molar-refractivity contribution in [2.24, 2.45) is 0 Å². The summed E-state index contributed by atoms with van der Waals surface area (Å²) in [5.41, 5.74) is 2.45. The summed E-state index contributed by atoms with van der Waals surface area (Å²) in [6.07, 6.45) is 0.336. The molecule has 0 fully saturated rings.